The van der Waals surface area contributed by atoms with Crippen molar-refractivity contribution in [2.24, 2.45) is 5.73 Å². The molecule has 130 valence electrons. The largest absolute Gasteiger partial charge is 0.368 e. The van der Waals surface area contributed by atoms with Crippen molar-refractivity contribution in [1.29, 1.82) is 0 Å². The van der Waals surface area contributed by atoms with Crippen LogP contribution in [0.4, 0.5) is 10.1 Å². The number of hydrogen-bond donors (Lipinski definition) is 3. The van der Waals surface area contributed by atoms with Crippen LogP contribution >= 0.6 is 0 Å². The number of rotatable bonds is 4. The summed E-state index contributed by atoms with van der Waals surface area (Å²) in [6.07, 6.45) is 0.529. The quantitative estimate of drug-likeness (QED) is 0.794. The monoisotopic (exact) mass is 341 g/mol. The number of amides is 2. The van der Waals surface area contributed by atoms with E-state index in [9.17, 15) is 14.0 Å². The Morgan fingerprint density at radius 1 is 1.28 bits per heavy atom. The Labute approximate surface area is 145 Å². The van der Waals surface area contributed by atoms with Gasteiger partial charge in [-0.25, -0.2) is 4.39 Å². The highest BCUT2D eigenvalue weighted by Crippen LogP contribution is 2.32. The number of nitrogens with one attached hydrogen (secondary N) is 2. The van der Waals surface area contributed by atoms with Gasteiger partial charge in [-0.15, -0.1) is 0 Å². The van der Waals surface area contributed by atoms with Crippen molar-refractivity contribution in [3.05, 3.63) is 65.5 Å². The Balaban J connectivity index is 2.02. The van der Waals surface area contributed by atoms with E-state index in [-0.39, 0.29) is 11.8 Å². The normalized spacial score (nSPS) is 21.0. The lowest BCUT2D eigenvalue weighted by atomic mass is 9.86. The highest BCUT2D eigenvalue weighted by atomic mass is 19.1. The second-order valence-corrected chi connectivity index (χ2v) is 6.28. The molecular formula is C19H20FN3O2. The predicted molar refractivity (Wildman–Crippen MR) is 93.5 cm³/mol. The summed E-state index contributed by atoms with van der Waals surface area (Å²) in [6, 6.07) is 12.6. The molecule has 3 atom stereocenters. The molecule has 6 heteroatoms. The first kappa shape index (κ1) is 17.1. The summed E-state index contributed by atoms with van der Waals surface area (Å²) in [5.74, 6) is -1.47. The highest BCUT2D eigenvalue weighted by Gasteiger charge is 2.35. The summed E-state index contributed by atoms with van der Waals surface area (Å²) < 4.78 is 13.6. The zero-order valence-electron chi connectivity index (χ0n) is 13.8. The second kappa shape index (κ2) is 7.03. The summed E-state index contributed by atoms with van der Waals surface area (Å²) >= 11 is 0. The van der Waals surface area contributed by atoms with Crippen LogP contribution in [0.3, 0.4) is 0 Å². The molecule has 0 fully saturated rings. The second-order valence-electron chi connectivity index (χ2n) is 6.28. The molecule has 0 bridgehead atoms. The van der Waals surface area contributed by atoms with Crippen molar-refractivity contribution < 1.29 is 14.0 Å². The molecule has 2 aromatic rings. The van der Waals surface area contributed by atoms with Crippen LogP contribution in [0.2, 0.25) is 0 Å². The summed E-state index contributed by atoms with van der Waals surface area (Å²) in [4.78, 5) is 24.2. The van der Waals surface area contributed by atoms with E-state index < -0.39 is 23.8 Å². The maximum Gasteiger partial charge on any atom is 0.242 e. The molecular weight excluding hydrogens is 321 g/mol. The third-order valence-electron chi connectivity index (χ3n) is 4.54. The van der Waals surface area contributed by atoms with Crippen molar-refractivity contribution in [2.75, 3.05) is 5.32 Å². The van der Waals surface area contributed by atoms with Crippen LogP contribution in [-0.4, -0.2) is 23.9 Å². The number of carbonyl (C=O) groups excluding carboxylic acids is 2. The lowest BCUT2D eigenvalue weighted by Gasteiger charge is -2.27. The van der Waals surface area contributed by atoms with Gasteiger partial charge in [0.15, 0.2) is 0 Å². The smallest absolute Gasteiger partial charge is 0.242 e. The number of carbonyl (C=O) groups is 2. The van der Waals surface area contributed by atoms with Crippen LogP contribution in [-0.2, 0) is 16.0 Å². The van der Waals surface area contributed by atoms with E-state index in [1.54, 1.807) is 13.0 Å². The Morgan fingerprint density at radius 3 is 2.68 bits per heavy atom. The van der Waals surface area contributed by atoms with Gasteiger partial charge in [0.25, 0.3) is 0 Å². The number of hydrogen-bond acceptors (Lipinski definition) is 3. The van der Waals surface area contributed by atoms with Crippen molar-refractivity contribution in [3.8, 4) is 0 Å². The van der Waals surface area contributed by atoms with Crippen LogP contribution in [0, 0.1) is 5.82 Å². The van der Waals surface area contributed by atoms with Gasteiger partial charge in [0.2, 0.25) is 11.8 Å². The standard InChI is InChI=1S/C19H20FN3O2/c1-11(18(21)24)22-17-15(12-5-3-2-4-6-12)9-13-7-8-14(20)10-16(13)23-19(17)25/h2-8,10-11,15,17,22H,9H2,1H3,(H2,21,24)(H,23,25)/t11-,15+,17-/m0/s1. The average Bonchev–Trinajstić information content (AvgIpc) is 2.72. The number of primary amides is 1. The number of halogens is 1. The molecule has 0 aliphatic carbocycles. The molecule has 0 saturated carbocycles. The first-order valence-electron chi connectivity index (χ1n) is 8.15. The Bertz CT molecular complexity index is 795. The maximum atomic E-state index is 13.6. The highest BCUT2D eigenvalue weighted by molar-refractivity contribution is 5.97. The fraction of sp³-hybridized carbons (Fsp3) is 0.263. The Kier molecular flexibility index (Phi) is 4.81. The van der Waals surface area contributed by atoms with Gasteiger partial charge in [-0.05, 0) is 36.6 Å². The number of nitrogens with two attached hydrogens (primary N) is 1. The molecule has 0 aromatic heterocycles. The Morgan fingerprint density at radius 2 is 2.00 bits per heavy atom. The molecule has 1 heterocycles. The molecule has 25 heavy (non-hydrogen) atoms. The third-order valence-corrected chi connectivity index (χ3v) is 4.54. The molecule has 5 nitrogen and oxygen atoms in total. The summed E-state index contributed by atoms with van der Waals surface area (Å²) in [5.41, 5.74) is 7.61. The topological polar surface area (TPSA) is 84.2 Å². The summed E-state index contributed by atoms with van der Waals surface area (Å²) in [5, 5.41) is 5.79. The number of benzene rings is 2. The Hall–Kier alpha value is -2.73. The zero-order valence-corrected chi connectivity index (χ0v) is 13.8. The summed E-state index contributed by atoms with van der Waals surface area (Å²) in [7, 11) is 0. The van der Waals surface area contributed by atoms with Gasteiger partial charge in [-0.3, -0.25) is 14.9 Å². The molecule has 0 unspecified atom stereocenters. The molecule has 0 saturated heterocycles. The van der Waals surface area contributed by atoms with Crippen LogP contribution in [0.5, 0.6) is 0 Å². The number of anilines is 1. The minimum Gasteiger partial charge on any atom is -0.368 e. The predicted octanol–water partition coefficient (Wildman–Crippen LogP) is 1.94. The average molecular weight is 341 g/mol. The van der Waals surface area contributed by atoms with Crippen molar-refractivity contribution >= 4 is 17.5 Å². The van der Waals surface area contributed by atoms with Crippen LogP contribution in [0.1, 0.15) is 24.0 Å². The van der Waals surface area contributed by atoms with E-state index in [2.05, 4.69) is 10.6 Å². The molecule has 2 aromatic carbocycles. The van der Waals surface area contributed by atoms with Gasteiger partial charge in [-0.2, -0.15) is 0 Å². The molecule has 1 aliphatic heterocycles. The van der Waals surface area contributed by atoms with E-state index in [1.807, 2.05) is 30.3 Å². The van der Waals surface area contributed by atoms with Crippen molar-refractivity contribution in [2.45, 2.75) is 31.3 Å². The van der Waals surface area contributed by atoms with Crippen LogP contribution in [0.15, 0.2) is 48.5 Å². The molecule has 2 amide bonds. The minimum absolute atomic E-state index is 0.213. The van der Waals surface area contributed by atoms with Gasteiger partial charge in [0.1, 0.15) is 5.82 Å². The van der Waals surface area contributed by atoms with Gasteiger partial charge < -0.3 is 11.1 Å². The third kappa shape index (κ3) is 3.69. The SMILES string of the molecule is C[C@H](N[C@@H]1C(=O)Nc2cc(F)ccc2C[C@@H]1c1ccccc1)C(N)=O. The molecule has 0 spiro atoms. The molecule has 0 radical (unpaired) electrons. The fourth-order valence-corrected chi connectivity index (χ4v) is 3.14. The lowest BCUT2D eigenvalue weighted by Crippen LogP contribution is -2.52. The van der Waals surface area contributed by atoms with Gasteiger partial charge in [-0.1, -0.05) is 36.4 Å². The van der Waals surface area contributed by atoms with E-state index >= 15 is 0 Å². The van der Waals surface area contributed by atoms with E-state index in [0.29, 0.717) is 12.1 Å². The molecule has 4 N–H and O–H groups in total. The van der Waals surface area contributed by atoms with Crippen molar-refractivity contribution in [3.63, 3.8) is 0 Å². The van der Waals surface area contributed by atoms with E-state index in [0.717, 1.165) is 11.1 Å². The van der Waals surface area contributed by atoms with Crippen LogP contribution < -0.4 is 16.4 Å². The molecule has 3 rings (SSSR count). The van der Waals surface area contributed by atoms with Gasteiger partial charge in [0.05, 0.1) is 12.1 Å². The number of fused-ring (bicyclic) bond motifs is 1. The van der Waals surface area contributed by atoms with Gasteiger partial charge >= 0.3 is 0 Å². The minimum atomic E-state index is -0.667. The lowest BCUT2D eigenvalue weighted by molar-refractivity contribution is -0.121. The summed E-state index contributed by atoms with van der Waals surface area (Å²) in [6.45, 7) is 1.62. The maximum absolute atomic E-state index is 13.6. The first-order chi connectivity index (χ1) is 12.0. The van der Waals surface area contributed by atoms with Gasteiger partial charge in [0, 0.05) is 11.6 Å². The van der Waals surface area contributed by atoms with E-state index in [4.69, 9.17) is 5.73 Å². The first-order valence-corrected chi connectivity index (χ1v) is 8.15. The zero-order chi connectivity index (χ0) is 18.0. The van der Waals surface area contributed by atoms with E-state index in [1.165, 1.54) is 12.1 Å². The fourth-order valence-electron chi connectivity index (χ4n) is 3.14. The van der Waals surface area contributed by atoms with Crippen LogP contribution in [0.25, 0.3) is 0 Å². The van der Waals surface area contributed by atoms with Crippen molar-refractivity contribution in [1.82, 2.24) is 5.32 Å². The molecule has 1 aliphatic rings.